The molecule has 0 aromatic rings. The molecule has 1 saturated carbocycles. The summed E-state index contributed by atoms with van der Waals surface area (Å²) >= 11 is 5.64. The Morgan fingerprint density at radius 3 is 2.76 bits per heavy atom. The van der Waals surface area contributed by atoms with Crippen molar-refractivity contribution in [2.24, 2.45) is 5.41 Å². The first-order valence-corrected chi connectivity index (χ1v) is 6.47. The Balaban J connectivity index is 2.98. The zero-order valence-corrected chi connectivity index (χ0v) is 11.2. The van der Waals surface area contributed by atoms with Crippen molar-refractivity contribution in [3.8, 4) is 0 Å². The molecule has 0 saturated heterocycles. The van der Waals surface area contributed by atoms with Gasteiger partial charge in [0.25, 0.3) is 0 Å². The van der Waals surface area contributed by atoms with Gasteiger partial charge in [-0.25, -0.2) is 0 Å². The molecule has 0 heterocycles. The molecule has 96 valence electrons. The molecule has 0 radical (unpaired) electrons. The van der Waals surface area contributed by atoms with E-state index in [1.807, 2.05) is 6.92 Å². The fourth-order valence-electron chi connectivity index (χ4n) is 2.35. The second-order valence-corrected chi connectivity index (χ2v) is 4.78. The summed E-state index contributed by atoms with van der Waals surface area (Å²) < 4.78 is 5.07. The molecule has 0 bridgehead atoms. The highest BCUT2D eigenvalue weighted by molar-refractivity contribution is 6.25. The Labute approximate surface area is 107 Å². The van der Waals surface area contributed by atoms with E-state index in [9.17, 15) is 9.59 Å². The number of esters is 1. The number of hydrogen-bond acceptors (Lipinski definition) is 3. The van der Waals surface area contributed by atoms with Crippen molar-refractivity contribution in [3.05, 3.63) is 11.1 Å². The van der Waals surface area contributed by atoms with Crippen LogP contribution >= 0.6 is 11.6 Å². The fourth-order valence-corrected chi connectivity index (χ4v) is 2.43. The van der Waals surface area contributed by atoms with E-state index >= 15 is 0 Å². The van der Waals surface area contributed by atoms with Crippen LogP contribution in [0.4, 0.5) is 0 Å². The molecule has 0 aliphatic heterocycles. The van der Waals surface area contributed by atoms with E-state index in [0.29, 0.717) is 25.9 Å². The summed E-state index contributed by atoms with van der Waals surface area (Å²) in [5, 5.41) is 0. The molecular formula is C13H19ClO3. The van der Waals surface area contributed by atoms with E-state index in [1.165, 1.54) is 5.54 Å². The molecule has 0 N–H and O–H groups in total. The quantitative estimate of drug-likeness (QED) is 0.574. The van der Waals surface area contributed by atoms with Gasteiger partial charge in [-0.3, -0.25) is 9.59 Å². The number of carbonyl (C=O) groups excluding carboxylic acids is 2. The summed E-state index contributed by atoms with van der Waals surface area (Å²) in [6.45, 7) is 3.89. The molecule has 0 aromatic heterocycles. The van der Waals surface area contributed by atoms with Gasteiger partial charge in [0.05, 0.1) is 6.61 Å². The number of ketones is 1. The lowest BCUT2D eigenvalue weighted by atomic mass is 9.69. The van der Waals surface area contributed by atoms with E-state index in [1.54, 1.807) is 6.92 Å². The zero-order valence-electron chi connectivity index (χ0n) is 10.4. The summed E-state index contributed by atoms with van der Waals surface area (Å²) in [7, 11) is 0. The van der Waals surface area contributed by atoms with Crippen molar-refractivity contribution in [2.45, 2.75) is 46.0 Å². The predicted octanol–water partition coefficient (Wildman–Crippen LogP) is 3.21. The Morgan fingerprint density at radius 1 is 1.53 bits per heavy atom. The van der Waals surface area contributed by atoms with Crippen LogP contribution in [0.25, 0.3) is 0 Å². The number of hydrogen-bond donors (Lipinski definition) is 0. The van der Waals surface area contributed by atoms with Gasteiger partial charge in [0.1, 0.15) is 5.41 Å². The average Bonchev–Trinajstić information content (AvgIpc) is 2.32. The monoisotopic (exact) mass is 258 g/mol. The second kappa shape index (κ2) is 6.20. The molecule has 1 aliphatic carbocycles. The molecule has 0 spiro atoms. The van der Waals surface area contributed by atoms with Gasteiger partial charge in [0.15, 0.2) is 5.78 Å². The van der Waals surface area contributed by atoms with Crippen LogP contribution in [0, 0.1) is 5.41 Å². The molecule has 0 amide bonds. The number of rotatable bonds is 4. The third-order valence-corrected chi connectivity index (χ3v) is 3.60. The minimum absolute atomic E-state index is 0.0000617. The molecule has 17 heavy (non-hydrogen) atoms. The number of carbonyl (C=O) groups is 2. The van der Waals surface area contributed by atoms with E-state index in [-0.39, 0.29) is 11.8 Å². The lowest BCUT2D eigenvalue weighted by Crippen LogP contribution is -2.43. The normalized spacial score (nSPS) is 25.8. The number of ether oxygens (including phenoxy) is 1. The first kappa shape index (κ1) is 14.2. The summed E-state index contributed by atoms with van der Waals surface area (Å²) in [6.07, 6.45) is 3.18. The standard InChI is InChI=1S/C13H19ClO3/c1-3-17-12(16)13(8-10(2)9-14)7-5-4-6-11(13)15/h9H,3-8H2,1-2H3. The lowest BCUT2D eigenvalue weighted by Gasteiger charge is -2.33. The Morgan fingerprint density at radius 2 is 2.24 bits per heavy atom. The van der Waals surface area contributed by atoms with E-state index in [2.05, 4.69) is 0 Å². The molecule has 1 aliphatic rings. The van der Waals surface area contributed by atoms with Crippen molar-refractivity contribution >= 4 is 23.4 Å². The predicted molar refractivity (Wildman–Crippen MR) is 66.8 cm³/mol. The van der Waals surface area contributed by atoms with Gasteiger partial charge in [-0.2, -0.15) is 0 Å². The van der Waals surface area contributed by atoms with Gasteiger partial charge in [-0.1, -0.05) is 23.6 Å². The molecule has 1 unspecified atom stereocenters. The van der Waals surface area contributed by atoms with Crippen LogP contribution in [-0.2, 0) is 14.3 Å². The van der Waals surface area contributed by atoms with Gasteiger partial charge in [0, 0.05) is 12.0 Å². The van der Waals surface area contributed by atoms with E-state index in [4.69, 9.17) is 16.3 Å². The summed E-state index contributed by atoms with van der Waals surface area (Å²) in [5.74, 6) is -0.386. The Kier molecular flexibility index (Phi) is 5.19. The Bertz CT molecular complexity index is 336. The lowest BCUT2D eigenvalue weighted by molar-refractivity contribution is -0.162. The average molecular weight is 259 g/mol. The maximum absolute atomic E-state index is 12.1. The fraction of sp³-hybridized carbons (Fsp3) is 0.692. The SMILES string of the molecule is CCOC(=O)C1(CC(C)=CCl)CCCCC1=O. The zero-order chi connectivity index (χ0) is 12.9. The first-order chi connectivity index (χ1) is 8.06. The third kappa shape index (κ3) is 3.09. The third-order valence-electron chi connectivity index (χ3n) is 3.22. The van der Waals surface area contributed by atoms with Crippen molar-refractivity contribution in [3.63, 3.8) is 0 Å². The molecule has 1 fully saturated rings. The van der Waals surface area contributed by atoms with Crippen LogP contribution in [0.2, 0.25) is 0 Å². The minimum atomic E-state index is -0.982. The van der Waals surface area contributed by atoms with Gasteiger partial charge in [0.2, 0.25) is 0 Å². The highest BCUT2D eigenvalue weighted by Gasteiger charge is 2.47. The smallest absolute Gasteiger partial charge is 0.319 e. The second-order valence-electron chi connectivity index (χ2n) is 4.57. The summed E-state index contributed by atoms with van der Waals surface area (Å²) in [4.78, 5) is 24.2. The number of Topliss-reactive ketones (excluding diaryl/α,β-unsaturated/α-hetero) is 1. The Hall–Kier alpha value is -0.830. The number of halogens is 1. The highest BCUT2D eigenvalue weighted by Crippen LogP contribution is 2.40. The van der Waals surface area contributed by atoms with E-state index < -0.39 is 5.41 Å². The van der Waals surface area contributed by atoms with Crippen LogP contribution in [0.3, 0.4) is 0 Å². The largest absolute Gasteiger partial charge is 0.465 e. The molecule has 0 aromatic carbocycles. The molecular weight excluding hydrogens is 240 g/mol. The summed E-state index contributed by atoms with van der Waals surface area (Å²) in [5.41, 5.74) is 1.29. The van der Waals surface area contributed by atoms with Gasteiger partial charge in [-0.05, 0) is 33.1 Å². The van der Waals surface area contributed by atoms with Gasteiger partial charge < -0.3 is 4.74 Å². The van der Waals surface area contributed by atoms with Crippen molar-refractivity contribution < 1.29 is 14.3 Å². The topological polar surface area (TPSA) is 43.4 Å². The van der Waals surface area contributed by atoms with Crippen molar-refractivity contribution in [2.75, 3.05) is 6.61 Å². The molecule has 4 heteroatoms. The highest BCUT2D eigenvalue weighted by atomic mass is 35.5. The molecule has 3 nitrogen and oxygen atoms in total. The maximum Gasteiger partial charge on any atom is 0.319 e. The van der Waals surface area contributed by atoms with Gasteiger partial charge in [-0.15, -0.1) is 0 Å². The van der Waals surface area contributed by atoms with Crippen LogP contribution in [0.5, 0.6) is 0 Å². The maximum atomic E-state index is 12.1. The minimum Gasteiger partial charge on any atom is -0.465 e. The molecule has 1 rings (SSSR count). The van der Waals surface area contributed by atoms with Crippen LogP contribution < -0.4 is 0 Å². The van der Waals surface area contributed by atoms with Crippen LogP contribution in [0.1, 0.15) is 46.0 Å². The molecule has 1 atom stereocenters. The van der Waals surface area contributed by atoms with Crippen LogP contribution in [0.15, 0.2) is 11.1 Å². The first-order valence-electron chi connectivity index (χ1n) is 6.03. The summed E-state index contributed by atoms with van der Waals surface area (Å²) in [6, 6.07) is 0. The number of allylic oxidation sites excluding steroid dienone is 1. The van der Waals surface area contributed by atoms with Crippen LogP contribution in [-0.4, -0.2) is 18.4 Å². The van der Waals surface area contributed by atoms with Crippen molar-refractivity contribution in [1.82, 2.24) is 0 Å². The van der Waals surface area contributed by atoms with E-state index in [0.717, 1.165) is 18.4 Å². The van der Waals surface area contributed by atoms with Gasteiger partial charge >= 0.3 is 5.97 Å². The van der Waals surface area contributed by atoms with Crippen molar-refractivity contribution in [1.29, 1.82) is 0 Å².